The van der Waals surface area contributed by atoms with Gasteiger partial charge in [0.15, 0.2) is 0 Å². The second kappa shape index (κ2) is 10.5. The van der Waals surface area contributed by atoms with Gasteiger partial charge in [-0.05, 0) is 56.7 Å². The van der Waals surface area contributed by atoms with Crippen LogP contribution in [0.5, 0.6) is 0 Å². The molecule has 1 aromatic carbocycles. The lowest BCUT2D eigenvalue weighted by Crippen LogP contribution is -2.43. The SMILES string of the molecule is Cc1ccc(CNC(=O)NCC2CCN(C(=O)c3ccccc3)CC2)c(N2CCCC2)n1. The van der Waals surface area contributed by atoms with E-state index >= 15 is 0 Å². The van der Waals surface area contributed by atoms with Crippen molar-refractivity contribution < 1.29 is 9.59 Å². The number of likely N-dealkylation sites (tertiary alicyclic amines) is 1. The molecule has 0 bridgehead atoms. The third kappa shape index (κ3) is 5.58. The van der Waals surface area contributed by atoms with Crippen LogP contribution in [0.2, 0.25) is 0 Å². The van der Waals surface area contributed by atoms with Crippen LogP contribution in [0.3, 0.4) is 0 Å². The molecule has 170 valence electrons. The van der Waals surface area contributed by atoms with Crippen LogP contribution in [-0.2, 0) is 6.54 Å². The van der Waals surface area contributed by atoms with E-state index in [4.69, 9.17) is 4.98 Å². The molecule has 2 fully saturated rings. The monoisotopic (exact) mass is 435 g/mol. The topological polar surface area (TPSA) is 77.6 Å². The van der Waals surface area contributed by atoms with E-state index in [1.165, 1.54) is 12.8 Å². The molecule has 0 spiro atoms. The molecule has 0 unspecified atom stereocenters. The molecule has 0 radical (unpaired) electrons. The molecule has 32 heavy (non-hydrogen) atoms. The van der Waals surface area contributed by atoms with Crippen molar-refractivity contribution in [3.8, 4) is 0 Å². The van der Waals surface area contributed by atoms with Crippen LogP contribution in [-0.4, -0.2) is 54.5 Å². The van der Waals surface area contributed by atoms with Crippen molar-refractivity contribution >= 4 is 17.8 Å². The molecule has 3 amide bonds. The van der Waals surface area contributed by atoms with Gasteiger partial charge < -0.3 is 20.4 Å². The summed E-state index contributed by atoms with van der Waals surface area (Å²) >= 11 is 0. The number of piperidine rings is 1. The molecule has 1 aromatic heterocycles. The van der Waals surface area contributed by atoms with Gasteiger partial charge in [-0.3, -0.25) is 4.79 Å². The molecule has 0 aliphatic carbocycles. The largest absolute Gasteiger partial charge is 0.356 e. The van der Waals surface area contributed by atoms with E-state index in [0.717, 1.165) is 61.7 Å². The van der Waals surface area contributed by atoms with Crippen LogP contribution in [0, 0.1) is 12.8 Å². The maximum Gasteiger partial charge on any atom is 0.315 e. The van der Waals surface area contributed by atoms with Crippen molar-refractivity contribution in [3.63, 3.8) is 0 Å². The number of rotatable bonds is 6. The van der Waals surface area contributed by atoms with Crippen molar-refractivity contribution in [1.29, 1.82) is 0 Å². The molecule has 2 aliphatic rings. The first-order valence-corrected chi connectivity index (χ1v) is 11.7. The minimum Gasteiger partial charge on any atom is -0.356 e. The van der Waals surface area contributed by atoms with Crippen LogP contribution >= 0.6 is 0 Å². The van der Waals surface area contributed by atoms with Gasteiger partial charge in [0.1, 0.15) is 5.82 Å². The molecular formula is C25H33N5O2. The Bertz CT molecular complexity index is 919. The van der Waals surface area contributed by atoms with Crippen molar-refractivity contribution in [1.82, 2.24) is 20.5 Å². The van der Waals surface area contributed by atoms with E-state index < -0.39 is 0 Å². The Morgan fingerprint density at radius 1 is 0.969 bits per heavy atom. The lowest BCUT2D eigenvalue weighted by molar-refractivity contribution is 0.0690. The van der Waals surface area contributed by atoms with E-state index in [2.05, 4.69) is 21.6 Å². The first-order valence-electron chi connectivity index (χ1n) is 11.7. The highest BCUT2D eigenvalue weighted by molar-refractivity contribution is 5.94. The van der Waals surface area contributed by atoms with Crippen molar-refractivity contribution in [2.24, 2.45) is 5.92 Å². The maximum absolute atomic E-state index is 12.6. The number of hydrogen-bond acceptors (Lipinski definition) is 4. The summed E-state index contributed by atoms with van der Waals surface area (Å²) in [5.74, 6) is 1.48. The predicted octanol–water partition coefficient (Wildman–Crippen LogP) is 3.34. The number of pyridine rings is 1. The summed E-state index contributed by atoms with van der Waals surface area (Å²) < 4.78 is 0. The summed E-state index contributed by atoms with van der Waals surface area (Å²) in [5, 5.41) is 6.00. The molecular weight excluding hydrogens is 402 g/mol. The molecule has 4 rings (SSSR count). The third-order valence-electron chi connectivity index (χ3n) is 6.41. The molecule has 0 atom stereocenters. The van der Waals surface area contributed by atoms with Crippen LogP contribution in [0.1, 0.15) is 47.3 Å². The number of aryl methyl sites for hydroxylation is 1. The Morgan fingerprint density at radius 2 is 1.69 bits per heavy atom. The summed E-state index contributed by atoms with van der Waals surface area (Å²) in [6.45, 7) is 6.62. The highest BCUT2D eigenvalue weighted by atomic mass is 16.2. The van der Waals surface area contributed by atoms with E-state index in [1.807, 2.05) is 48.2 Å². The second-order valence-electron chi connectivity index (χ2n) is 8.79. The first kappa shape index (κ1) is 22.1. The van der Waals surface area contributed by atoms with Crippen LogP contribution in [0.4, 0.5) is 10.6 Å². The normalized spacial score (nSPS) is 16.8. The number of aromatic nitrogens is 1. The molecule has 2 aromatic rings. The Balaban J connectivity index is 1.21. The number of urea groups is 1. The fraction of sp³-hybridized carbons (Fsp3) is 0.480. The van der Waals surface area contributed by atoms with Gasteiger partial charge in [0, 0.05) is 56.1 Å². The lowest BCUT2D eigenvalue weighted by Gasteiger charge is -2.32. The highest BCUT2D eigenvalue weighted by Gasteiger charge is 2.24. The lowest BCUT2D eigenvalue weighted by atomic mass is 9.96. The van der Waals surface area contributed by atoms with Gasteiger partial charge in [0.05, 0.1) is 0 Å². The van der Waals surface area contributed by atoms with Gasteiger partial charge in [0.25, 0.3) is 5.91 Å². The molecule has 2 N–H and O–H groups in total. The number of nitrogens with one attached hydrogen (secondary N) is 2. The Labute approximate surface area is 190 Å². The molecule has 3 heterocycles. The highest BCUT2D eigenvalue weighted by Crippen LogP contribution is 2.23. The minimum atomic E-state index is -0.152. The van der Waals surface area contributed by atoms with Crippen molar-refractivity contribution in [3.05, 3.63) is 59.3 Å². The van der Waals surface area contributed by atoms with Gasteiger partial charge in [0.2, 0.25) is 0 Å². The number of nitrogens with zero attached hydrogens (tertiary/aromatic N) is 3. The molecule has 2 aliphatic heterocycles. The van der Waals surface area contributed by atoms with E-state index in [9.17, 15) is 9.59 Å². The van der Waals surface area contributed by atoms with Gasteiger partial charge in [-0.2, -0.15) is 0 Å². The fourth-order valence-electron chi connectivity index (χ4n) is 4.49. The first-order chi connectivity index (χ1) is 15.6. The summed E-state index contributed by atoms with van der Waals surface area (Å²) in [5.41, 5.74) is 2.79. The van der Waals surface area contributed by atoms with Gasteiger partial charge in [-0.15, -0.1) is 0 Å². The standard InChI is InChI=1S/C25H33N5O2/c1-19-9-10-22(23(28-19)29-13-5-6-14-29)18-27-25(32)26-17-20-11-15-30(16-12-20)24(31)21-7-3-2-4-8-21/h2-4,7-10,20H,5-6,11-18H2,1H3,(H2,26,27,32). The third-order valence-corrected chi connectivity index (χ3v) is 6.41. The minimum absolute atomic E-state index is 0.0928. The van der Waals surface area contributed by atoms with Crippen molar-refractivity contribution in [2.75, 3.05) is 37.6 Å². The van der Waals surface area contributed by atoms with Gasteiger partial charge in [-0.1, -0.05) is 24.3 Å². The average Bonchev–Trinajstić information content (AvgIpc) is 3.37. The zero-order chi connectivity index (χ0) is 22.3. The van der Waals surface area contributed by atoms with Crippen LogP contribution < -0.4 is 15.5 Å². The average molecular weight is 436 g/mol. The number of carbonyl (C=O) groups is 2. The van der Waals surface area contributed by atoms with Crippen LogP contribution in [0.25, 0.3) is 0 Å². The quantitative estimate of drug-likeness (QED) is 0.730. The fourth-order valence-corrected chi connectivity index (χ4v) is 4.49. The van der Waals surface area contributed by atoms with Gasteiger partial charge in [-0.25, -0.2) is 9.78 Å². The van der Waals surface area contributed by atoms with Crippen molar-refractivity contribution in [2.45, 2.75) is 39.2 Å². The number of hydrogen-bond donors (Lipinski definition) is 2. The number of amides is 3. The zero-order valence-corrected chi connectivity index (χ0v) is 18.8. The molecule has 0 saturated carbocycles. The Kier molecular flexibility index (Phi) is 7.24. The zero-order valence-electron chi connectivity index (χ0n) is 18.8. The Hall–Kier alpha value is -3.09. The van der Waals surface area contributed by atoms with E-state index in [1.54, 1.807) is 0 Å². The number of benzene rings is 1. The maximum atomic E-state index is 12.6. The van der Waals surface area contributed by atoms with Crippen LogP contribution in [0.15, 0.2) is 42.5 Å². The summed E-state index contributed by atoms with van der Waals surface area (Å²) in [7, 11) is 0. The van der Waals surface area contributed by atoms with E-state index in [0.29, 0.717) is 19.0 Å². The summed E-state index contributed by atoms with van der Waals surface area (Å²) in [6, 6.07) is 13.3. The molecule has 7 heteroatoms. The van der Waals surface area contributed by atoms with E-state index in [-0.39, 0.29) is 11.9 Å². The Morgan fingerprint density at radius 3 is 2.41 bits per heavy atom. The molecule has 7 nitrogen and oxygen atoms in total. The van der Waals surface area contributed by atoms with Gasteiger partial charge >= 0.3 is 6.03 Å². The smallest absolute Gasteiger partial charge is 0.315 e. The summed E-state index contributed by atoms with van der Waals surface area (Å²) in [4.78, 5) is 33.9. The molecule has 2 saturated heterocycles. The summed E-state index contributed by atoms with van der Waals surface area (Å²) in [6.07, 6.45) is 4.19. The number of carbonyl (C=O) groups excluding carboxylic acids is 2. The number of anilines is 1. The predicted molar refractivity (Wildman–Crippen MR) is 126 cm³/mol. The second-order valence-corrected chi connectivity index (χ2v) is 8.79.